The number of imide groups is 1. The van der Waals surface area contributed by atoms with Crippen molar-refractivity contribution in [3.05, 3.63) is 12.7 Å². The number of rotatable bonds is 4. The molecule has 17 heavy (non-hydrogen) atoms. The van der Waals surface area contributed by atoms with Crippen LogP contribution in [-0.2, 0) is 9.59 Å². The van der Waals surface area contributed by atoms with Crippen molar-refractivity contribution in [1.29, 1.82) is 0 Å². The summed E-state index contributed by atoms with van der Waals surface area (Å²) in [5.41, 5.74) is 0. The molecule has 0 unspecified atom stereocenters. The second kappa shape index (κ2) is 6.67. The van der Waals surface area contributed by atoms with Crippen molar-refractivity contribution in [3.8, 4) is 0 Å². The highest BCUT2D eigenvalue weighted by molar-refractivity contribution is 5.97. The summed E-state index contributed by atoms with van der Waals surface area (Å²) in [4.78, 5) is 35.2. The Morgan fingerprint density at radius 2 is 2.29 bits per heavy atom. The zero-order valence-electron chi connectivity index (χ0n) is 9.65. The molecule has 0 radical (unpaired) electrons. The van der Waals surface area contributed by atoms with Crippen LogP contribution < -0.4 is 10.6 Å². The smallest absolute Gasteiger partial charge is 0.324 e. The third-order valence-corrected chi connectivity index (χ3v) is 2.60. The Labute approximate surface area is 100 Å². The lowest BCUT2D eigenvalue weighted by atomic mass is 10.1. The maximum Gasteiger partial charge on any atom is 0.324 e. The van der Waals surface area contributed by atoms with E-state index >= 15 is 0 Å². The van der Waals surface area contributed by atoms with E-state index in [1.165, 1.54) is 0 Å². The standard InChI is InChI=1S/C11H17N3O3/c1-2-6-12-11(17)14-7-4-3-5-9(10(14)16)13-8-15/h2,8-9H,1,3-7H2,(H,12,17)(H,13,15)/t9-/m0/s1. The highest BCUT2D eigenvalue weighted by atomic mass is 16.2. The van der Waals surface area contributed by atoms with Gasteiger partial charge in [-0.15, -0.1) is 6.58 Å². The number of likely N-dealkylation sites (tertiary alicyclic amines) is 1. The minimum atomic E-state index is -0.593. The Kier molecular flexibility index (Phi) is 5.19. The number of urea groups is 1. The monoisotopic (exact) mass is 239 g/mol. The molecule has 0 saturated carbocycles. The van der Waals surface area contributed by atoms with E-state index in [1.807, 2.05) is 0 Å². The zero-order valence-corrected chi connectivity index (χ0v) is 9.65. The van der Waals surface area contributed by atoms with E-state index in [9.17, 15) is 14.4 Å². The maximum absolute atomic E-state index is 12.0. The van der Waals surface area contributed by atoms with Crippen LogP contribution in [-0.4, -0.2) is 42.4 Å². The fourth-order valence-corrected chi connectivity index (χ4v) is 1.73. The van der Waals surface area contributed by atoms with Gasteiger partial charge < -0.3 is 10.6 Å². The highest BCUT2D eigenvalue weighted by Crippen LogP contribution is 2.12. The molecular weight excluding hydrogens is 222 g/mol. The highest BCUT2D eigenvalue weighted by Gasteiger charge is 2.30. The second-order valence-electron chi connectivity index (χ2n) is 3.80. The number of nitrogens with zero attached hydrogens (tertiary/aromatic N) is 1. The minimum Gasteiger partial charge on any atom is -0.347 e. The summed E-state index contributed by atoms with van der Waals surface area (Å²) < 4.78 is 0. The molecule has 0 spiro atoms. The molecule has 1 fully saturated rings. The Morgan fingerprint density at radius 1 is 1.53 bits per heavy atom. The summed E-state index contributed by atoms with van der Waals surface area (Å²) in [5, 5.41) is 5.00. The largest absolute Gasteiger partial charge is 0.347 e. The quantitative estimate of drug-likeness (QED) is 0.536. The van der Waals surface area contributed by atoms with Gasteiger partial charge in [0, 0.05) is 13.1 Å². The molecule has 1 saturated heterocycles. The van der Waals surface area contributed by atoms with Crippen molar-refractivity contribution in [2.24, 2.45) is 0 Å². The molecule has 0 aromatic carbocycles. The first kappa shape index (κ1) is 13.2. The van der Waals surface area contributed by atoms with Gasteiger partial charge in [-0.1, -0.05) is 6.08 Å². The van der Waals surface area contributed by atoms with Crippen LogP contribution in [0.4, 0.5) is 4.79 Å². The summed E-state index contributed by atoms with van der Waals surface area (Å²) in [6.45, 7) is 4.18. The molecule has 0 aromatic rings. The summed E-state index contributed by atoms with van der Waals surface area (Å²) in [6, 6.07) is -1.03. The summed E-state index contributed by atoms with van der Waals surface area (Å²) in [5.74, 6) is -0.351. The van der Waals surface area contributed by atoms with E-state index in [2.05, 4.69) is 17.2 Å². The van der Waals surface area contributed by atoms with E-state index in [0.717, 1.165) is 17.7 Å². The van der Waals surface area contributed by atoms with Crippen LogP contribution in [0.3, 0.4) is 0 Å². The van der Waals surface area contributed by atoms with Gasteiger partial charge in [0.15, 0.2) is 0 Å². The first-order valence-corrected chi connectivity index (χ1v) is 5.60. The van der Waals surface area contributed by atoms with Gasteiger partial charge in [-0.2, -0.15) is 0 Å². The number of carbonyl (C=O) groups excluding carboxylic acids is 3. The van der Waals surface area contributed by atoms with E-state index in [-0.39, 0.29) is 5.91 Å². The average Bonchev–Trinajstić information content (AvgIpc) is 2.50. The van der Waals surface area contributed by atoms with Crippen LogP contribution in [0.2, 0.25) is 0 Å². The van der Waals surface area contributed by atoms with Crippen LogP contribution in [0.15, 0.2) is 12.7 Å². The van der Waals surface area contributed by atoms with E-state index in [1.54, 1.807) is 6.08 Å². The van der Waals surface area contributed by atoms with Crippen LogP contribution in [0, 0.1) is 0 Å². The van der Waals surface area contributed by atoms with Gasteiger partial charge >= 0.3 is 6.03 Å². The topological polar surface area (TPSA) is 78.5 Å². The molecule has 1 aliphatic rings. The lowest BCUT2D eigenvalue weighted by Crippen LogP contribution is -2.50. The van der Waals surface area contributed by atoms with E-state index in [0.29, 0.717) is 25.9 Å². The summed E-state index contributed by atoms with van der Waals surface area (Å²) in [6.07, 6.45) is 4.17. The van der Waals surface area contributed by atoms with Crippen molar-refractivity contribution in [1.82, 2.24) is 15.5 Å². The molecule has 94 valence electrons. The fourth-order valence-electron chi connectivity index (χ4n) is 1.73. The maximum atomic E-state index is 12.0. The Morgan fingerprint density at radius 3 is 2.94 bits per heavy atom. The van der Waals surface area contributed by atoms with Gasteiger partial charge in [0.2, 0.25) is 6.41 Å². The Balaban J connectivity index is 2.67. The second-order valence-corrected chi connectivity index (χ2v) is 3.80. The van der Waals surface area contributed by atoms with Crippen LogP contribution in [0.1, 0.15) is 19.3 Å². The van der Waals surface area contributed by atoms with Gasteiger partial charge in [0.1, 0.15) is 6.04 Å². The predicted molar refractivity (Wildman–Crippen MR) is 62.1 cm³/mol. The first-order chi connectivity index (χ1) is 8.20. The van der Waals surface area contributed by atoms with Crippen LogP contribution in [0.25, 0.3) is 0 Å². The van der Waals surface area contributed by atoms with Gasteiger partial charge in [-0.3, -0.25) is 14.5 Å². The third-order valence-electron chi connectivity index (χ3n) is 2.60. The van der Waals surface area contributed by atoms with Gasteiger partial charge in [0.05, 0.1) is 0 Å². The Hall–Kier alpha value is -1.85. The van der Waals surface area contributed by atoms with E-state index < -0.39 is 12.1 Å². The molecule has 1 aliphatic heterocycles. The normalized spacial score (nSPS) is 20.4. The number of amides is 4. The van der Waals surface area contributed by atoms with E-state index in [4.69, 9.17) is 0 Å². The van der Waals surface area contributed by atoms with Crippen molar-refractivity contribution < 1.29 is 14.4 Å². The minimum absolute atomic E-state index is 0.314. The molecular formula is C11H17N3O3. The summed E-state index contributed by atoms with van der Waals surface area (Å²) >= 11 is 0. The molecule has 6 nitrogen and oxygen atoms in total. The average molecular weight is 239 g/mol. The van der Waals surface area contributed by atoms with Gasteiger partial charge in [0.25, 0.3) is 5.91 Å². The SMILES string of the molecule is C=CCNC(=O)N1CCCC[C@H](NC=O)C1=O. The van der Waals surface area contributed by atoms with Crippen LogP contribution >= 0.6 is 0 Å². The van der Waals surface area contributed by atoms with Gasteiger partial charge in [-0.25, -0.2) is 4.79 Å². The molecule has 1 heterocycles. The molecule has 1 atom stereocenters. The number of nitrogens with one attached hydrogen (secondary N) is 2. The predicted octanol–water partition coefficient (Wildman–Crippen LogP) is 0.00910. The van der Waals surface area contributed by atoms with Crippen molar-refractivity contribution in [3.63, 3.8) is 0 Å². The molecule has 6 heteroatoms. The molecule has 0 bridgehead atoms. The fraction of sp³-hybridized carbons (Fsp3) is 0.545. The third kappa shape index (κ3) is 3.58. The molecule has 0 aromatic heterocycles. The van der Waals surface area contributed by atoms with Crippen molar-refractivity contribution in [2.75, 3.05) is 13.1 Å². The number of hydrogen-bond donors (Lipinski definition) is 2. The van der Waals surface area contributed by atoms with Crippen LogP contribution in [0.5, 0.6) is 0 Å². The van der Waals surface area contributed by atoms with Gasteiger partial charge in [-0.05, 0) is 19.3 Å². The number of carbonyl (C=O) groups is 3. The summed E-state index contributed by atoms with van der Waals surface area (Å²) in [7, 11) is 0. The lowest BCUT2D eigenvalue weighted by molar-refractivity contribution is -0.131. The zero-order chi connectivity index (χ0) is 12.7. The number of hydrogen-bond acceptors (Lipinski definition) is 3. The molecule has 2 N–H and O–H groups in total. The van der Waals surface area contributed by atoms with Crippen molar-refractivity contribution >= 4 is 18.3 Å². The molecule has 4 amide bonds. The molecule has 0 aliphatic carbocycles. The first-order valence-electron chi connectivity index (χ1n) is 5.60. The molecule has 1 rings (SSSR count). The van der Waals surface area contributed by atoms with Crippen molar-refractivity contribution in [2.45, 2.75) is 25.3 Å². The lowest BCUT2D eigenvalue weighted by Gasteiger charge is -2.22. The Bertz CT molecular complexity index is 317.